The molecule has 1 aromatic rings. The molecular weight excluding hydrogens is 394 g/mol. The number of piperazine rings is 1. The fraction of sp³-hybridized carbons (Fsp3) is 0.650. The molecule has 3 heterocycles. The Balaban J connectivity index is 1.54. The average Bonchev–Trinajstić information content (AvgIpc) is 3.35. The Morgan fingerprint density at radius 2 is 2.03 bits per heavy atom. The first-order valence-corrected chi connectivity index (χ1v) is 11.0. The third kappa shape index (κ3) is 4.96. The minimum absolute atomic E-state index is 0.0786. The van der Waals surface area contributed by atoms with Crippen LogP contribution in [0.15, 0.2) is 0 Å². The van der Waals surface area contributed by atoms with E-state index in [4.69, 9.17) is 9.47 Å². The molecule has 0 aromatic carbocycles. The molecule has 29 heavy (non-hydrogen) atoms. The van der Waals surface area contributed by atoms with Crippen LogP contribution in [0.4, 0.5) is 5.00 Å². The Kier molecular flexibility index (Phi) is 7.26. The van der Waals surface area contributed by atoms with Gasteiger partial charge in [0.25, 0.3) is 11.8 Å². The van der Waals surface area contributed by atoms with Gasteiger partial charge in [0, 0.05) is 11.5 Å². The van der Waals surface area contributed by atoms with Gasteiger partial charge < -0.3 is 24.6 Å². The second-order valence-electron chi connectivity index (χ2n) is 7.49. The summed E-state index contributed by atoms with van der Waals surface area (Å²) in [4.78, 5) is 41.2. The minimum Gasteiger partial charge on any atom is -0.465 e. The molecule has 2 N–H and O–H groups in total. The van der Waals surface area contributed by atoms with E-state index >= 15 is 0 Å². The number of nitrogens with zero attached hydrogens (tertiary/aromatic N) is 1. The molecule has 0 aliphatic carbocycles. The van der Waals surface area contributed by atoms with Crippen molar-refractivity contribution in [1.82, 2.24) is 4.90 Å². The standard InChI is InChI=1S/C20H29N3O5S/c1-4-14-13(2)29-18(17(14)20(26)27-3)21-16(24)12-22-7-9-23(10-8-22)19(25)15-6-5-11-28-15/h15H,4-12H2,1-3H3,(H,21,24)/p+1/t15-/m1/s1. The SMILES string of the molecule is CCc1c(C)sc(NC(=O)C[NH+]2CCN(C(=O)[C@H]3CCCO3)CC2)c1C(=O)OC. The molecule has 2 amide bonds. The molecule has 0 spiro atoms. The van der Waals surface area contributed by atoms with Crippen LogP contribution < -0.4 is 10.2 Å². The number of carbonyl (C=O) groups excluding carboxylic acids is 3. The molecule has 0 unspecified atom stereocenters. The number of ether oxygens (including phenoxy) is 2. The van der Waals surface area contributed by atoms with Gasteiger partial charge >= 0.3 is 5.97 Å². The number of esters is 1. The van der Waals surface area contributed by atoms with Crippen molar-refractivity contribution in [2.45, 2.75) is 39.2 Å². The summed E-state index contributed by atoms with van der Waals surface area (Å²) in [6.07, 6.45) is 2.16. The van der Waals surface area contributed by atoms with E-state index in [1.54, 1.807) is 0 Å². The highest BCUT2D eigenvalue weighted by atomic mass is 32.1. The quantitative estimate of drug-likeness (QED) is 0.639. The topological polar surface area (TPSA) is 89.4 Å². The van der Waals surface area contributed by atoms with Gasteiger partial charge in [0.15, 0.2) is 6.54 Å². The molecular formula is C20H30N3O5S+. The zero-order chi connectivity index (χ0) is 21.0. The monoisotopic (exact) mass is 424 g/mol. The van der Waals surface area contributed by atoms with Crippen molar-refractivity contribution in [1.29, 1.82) is 0 Å². The predicted octanol–water partition coefficient (Wildman–Crippen LogP) is 0.250. The second-order valence-corrected chi connectivity index (χ2v) is 8.71. The Morgan fingerprint density at radius 1 is 1.31 bits per heavy atom. The van der Waals surface area contributed by atoms with Crippen LogP contribution in [0.25, 0.3) is 0 Å². The summed E-state index contributed by atoms with van der Waals surface area (Å²) in [5, 5.41) is 3.46. The number of aryl methyl sites for hydroxylation is 1. The van der Waals surface area contributed by atoms with Crippen LogP contribution in [0, 0.1) is 6.92 Å². The molecule has 1 atom stereocenters. The zero-order valence-electron chi connectivity index (χ0n) is 17.3. The average molecular weight is 425 g/mol. The predicted molar refractivity (Wildman–Crippen MR) is 110 cm³/mol. The van der Waals surface area contributed by atoms with Gasteiger partial charge in [-0.2, -0.15) is 0 Å². The molecule has 8 nitrogen and oxygen atoms in total. The van der Waals surface area contributed by atoms with E-state index in [0.717, 1.165) is 41.3 Å². The molecule has 2 saturated heterocycles. The molecule has 2 aliphatic rings. The Hall–Kier alpha value is -1.97. The van der Waals surface area contributed by atoms with Crippen molar-refractivity contribution in [3.8, 4) is 0 Å². The summed E-state index contributed by atoms with van der Waals surface area (Å²) in [6.45, 7) is 7.60. The van der Waals surface area contributed by atoms with Gasteiger partial charge in [0.2, 0.25) is 0 Å². The van der Waals surface area contributed by atoms with Crippen LogP contribution in [0.3, 0.4) is 0 Å². The van der Waals surface area contributed by atoms with E-state index in [2.05, 4.69) is 5.32 Å². The Bertz CT molecular complexity index is 764. The third-order valence-corrected chi connectivity index (χ3v) is 6.67. The van der Waals surface area contributed by atoms with Crippen molar-refractivity contribution >= 4 is 34.1 Å². The van der Waals surface area contributed by atoms with E-state index in [1.807, 2.05) is 18.7 Å². The maximum absolute atomic E-state index is 12.6. The molecule has 3 rings (SSSR count). The van der Waals surface area contributed by atoms with Crippen LogP contribution in [-0.2, 0) is 25.5 Å². The molecule has 0 bridgehead atoms. The number of carbonyl (C=O) groups is 3. The molecule has 0 radical (unpaired) electrons. The lowest BCUT2D eigenvalue weighted by atomic mass is 10.1. The molecule has 2 aliphatic heterocycles. The highest BCUT2D eigenvalue weighted by Crippen LogP contribution is 2.33. The van der Waals surface area contributed by atoms with Crippen LogP contribution >= 0.6 is 11.3 Å². The molecule has 9 heteroatoms. The maximum atomic E-state index is 12.6. The van der Waals surface area contributed by atoms with Crippen molar-refractivity contribution in [2.75, 3.05) is 51.8 Å². The second kappa shape index (κ2) is 9.69. The number of rotatable bonds is 6. The van der Waals surface area contributed by atoms with E-state index in [-0.39, 0.29) is 17.9 Å². The van der Waals surface area contributed by atoms with Crippen LogP contribution in [0.1, 0.15) is 40.6 Å². The Morgan fingerprint density at radius 3 is 2.62 bits per heavy atom. The normalized spacial score (nSPS) is 20.0. The number of anilines is 1. The lowest BCUT2D eigenvalue weighted by molar-refractivity contribution is -0.895. The fourth-order valence-electron chi connectivity index (χ4n) is 4.00. The van der Waals surface area contributed by atoms with Gasteiger partial charge in [0.05, 0.1) is 38.9 Å². The molecule has 0 saturated carbocycles. The van der Waals surface area contributed by atoms with Crippen molar-refractivity contribution in [3.63, 3.8) is 0 Å². The first-order valence-electron chi connectivity index (χ1n) is 10.2. The number of hydrogen-bond donors (Lipinski definition) is 2. The largest absolute Gasteiger partial charge is 0.465 e. The fourth-order valence-corrected chi connectivity index (χ4v) is 5.15. The van der Waals surface area contributed by atoms with Crippen LogP contribution in [-0.4, -0.2) is 75.2 Å². The van der Waals surface area contributed by atoms with Gasteiger partial charge in [-0.3, -0.25) is 9.59 Å². The number of thiophene rings is 1. The summed E-state index contributed by atoms with van der Waals surface area (Å²) in [5.41, 5.74) is 1.39. The minimum atomic E-state index is -0.421. The smallest absolute Gasteiger partial charge is 0.341 e. The van der Waals surface area contributed by atoms with Crippen LogP contribution in [0.2, 0.25) is 0 Å². The van der Waals surface area contributed by atoms with Gasteiger partial charge in [-0.1, -0.05) is 6.92 Å². The first-order chi connectivity index (χ1) is 13.9. The van der Waals surface area contributed by atoms with E-state index in [1.165, 1.54) is 18.4 Å². The van der Waals surface area contributed by atoms with Crippen molar-refractivity contribution in [3.05, 3.63) is 16.0 Å². The highest BCUT2D eigenvalue weighted by Gasteiger charge is 2.32. The summed E-state index contributed by atoms with van der Waals surface area (Å²) in [5.74, 6) is -0.474. The lowest BCUT2D eigenvalue weighted by Gasteiger charge is -2.33. The van der Waals surface area contributed by atoms with Gasteiger partial charge in [-0.25, -0.2) is 4.79 Å². The van der Waals surface area contributed by atoms with Gasteiger partial charge in [-0.05, 0) is 31.7 Å². The first kappa shape index (κ1) is 21.7. The Labute approximate surface area is 175 Å². The number of quaternary nitrogens is 1. The summed E-state index contributed by atoms with van der Waals surface area (Å²) < 4.78 is 10.4. The number of hydrogen-bond acceptors (Lipinski definition) is 6. The zero-order valence-corrected chi connectivity index (χ0v) is 18.2. The summed E-state index contributed by atoms with van der Waals surface area (Å²) in [6, 6.07) is 0. The molecule has 1 aromatic heterocycles. The van der Waals surface area contributed by atoms with E-state index in [9.17, 15) is 14.4 Å². The van der Waals surface area contributed by atoms with Gasteiger partial charge in [0.1, 0.15) is 11.1 Å². The van der Waals surface area contributed by atoms with Gasteiger partial charge in [-0.15, -0.1) is 11.3 Å². The highest BCUT2D eigenvalue weighted by molar-refractivity contribution is 7.16. The number of nitrogens with one attached hydrogen (secondary N) is 2. The summed E-state index contributed by atoms with van der Waals surface area (Å²) >= 11 is 1.41. The number of amides is 2. The molecule has 160 valence electrons. The van der Waals surface area contributed by atoms with E-state index in [0.29, 0.717) is 43.2 Å². The summed E-state index contributed by atoms with van der Waals surface area (Å²) in [7, 11) is 1.35. The van der Waals surface area contributed by atoms with E-state index < -0.39 is 5.97 Å². The van der Waals surface area contributed by atoms with Crippen molar-refractivity contribution < 1.29 is 28.8 Å². The van der Waals surface area contributed by atoms with Crippen LogP contribution in [0.5, 0.6) is 0 Å². The van der Waals surface area contributed by atoms with Crippen molar-refractivity contribution in [2.24, 2.45) is 0 Å². The maximum Gasteiger partial charge on any atom is 0.341 e. The molecule has 2 fully saturated rings. The lowest BCUT2D eigenvalue weighted by Crippen LogP contribution is -3.15. The number of methoxy groups -OCH3 is 1. The third-order valence-electron chi connectivity index (χ3n) is 5.60.